The number of aromatic nitrogens is 2. The van der Waals surface area contributed by atoms with Crippen LogP contribution in [0.3, 0.4) is 0 Å². The molecule has 9 heteroatoms. The number of nitrogens with one attached hydrogen (secondary N) is 1. The van der Waals surface area contributed by atoms with Gasteiger partial charge in [-0.1, -0.05) is 49.4 Å². The molecule has 0 radical (unpaired) electrons. The first-order chi connectivity index (χ1) is 17.3. The fraction of sp³-hybridized carbons (Fsp3) is 0.259. The van der Waals surface area contributed by atoms with Crippen LogP contribution in [-0.4, -0.2) is 39.0 Å². The van der Waals surface area contributed by atoms with E-state index in [1.54, 1.807) is 22.9 Å². The summed E-state index contributed by atoms with van der Waals surface area (Å²) >= 11 is 2.81. The van der Waals surface area contributed by atoms with Gasteiger partial charge in [0.2, 0.25) is 11.0 Å². The van der Waals surface area contributed by atoms with E-state index in [0.717, 1.165) is 27.3 Å². The molecule has 2 aromatic carbocycles. The average molecular weight is 519 g/mol. The van der Waals surface area contributed by atoms with Gasteiger partial charge in [0.15, 0.2) is 0 Å². The zero-order chi connectivity index (χ0) is 25.0. The minimum atomic E-state index is -0.919. The minimum Gasteiger partial charge on any atom is -0.328 e. The molecule has 1 saturated carbocycles. The highest BCUT2D eigenvalue weighted by molar-refractivity contribution is 7.15. The predicted octanol–water partition coefficient (Wildman–Crippen LogP) is 5.80. The van der Waals surface area contributed by atoms with E-state index in [9.17, 15) is 14.0 Å². The highest BCUT2D eigenvalue weighted by Gasteiger charge is 2.65. The number of fused-ring (bicyclic) bond motifs is 1. The second-order valence-electron chi connectivity index (χ2n) is 9.77. The Hall–Kier alpha value is -3.43. The van der Waals surface area contributed by atoms with E-state index in [2.05, 4.69) is 15.5 Å². The molecule has 2 aromatic heterocycles. The van der Waals surface area contributed by atoms with Gasteiger partial charge in [-0.25, -0.2) is 4.39 Å². The van der Waals surface area contributed by atoms with Crippen LogP contribution in [0.5, 0.6) is 0 Å². The van der Waals surface area contributed by atoms with Crippen LogP contribution >= 0.6 is 22.7 Å². The second kappa shape index (κ2) is 8.60. The van der Waals surface area contributed by atoms with E-state index in [1.165, 1.54) is 23.5 Å². The fourth-order valence-corrected chi connectivity index (χ4v) is 6.49. The Kier molecular flexibility index (Phi) is 5.49. The van der Waals surface area contributed by atoms with E-state index in [0.29, 0.717) is 22.8 Å². The molecular formula is C27H23FN4O2S2. The third-order valence-corrected chi connectivity index (χ3v) is 8.79. The maximum Gasteiger partial charge on any atom is 0.254 e. The normalized spacial score (nSPS) is 18.9. The molecule has 2 aliphatic rings. The molecule has 1 aliphatic heterocycles. The van der Waals surface area contributed by atoms with Crippen molar-refractivity contribution in [2.45, 2.75) is 38.3 Å². The van der Waals surface area contributed by atoms with Gasteiger partial charge in [-0.05, 0) is 53.9 Å². The van der Waals surface area contributed by atoms with Crippen molar-refractivity contribution in [3.05, 3.63) is 88.0 Å². The quantitative estimate of drug-likeness (QED) is 0.314. The Morgan fingerprint density at radius 3 is 2.53 bits per heavy atom. The van der Waals surface area contributed by atoms with Gasteiger partial charge in [-0.3, -0.25) is 9.59 Å². The molecule has 0 spiro atoms. The molecule has 1 N–H and O–H groups in total. The lowest BCUT2D eigenvalue weighted by molar-refractivity contribution is -0.124. The summed E-state index contributed by atoms with van der Waals surface area (Å²) in [6, 6.07) is 19.0. The number of nitrogens with zero attached hydrogens (tertiary/aromatic N) is 3. The molecule has 1 aliphatic carbocycles. The summed E-state index contributed by atoms with van der Waals surface area (Å²) in [7, 11) is 0. The minimum absolute atomic E-state index is 0.101. The van der Waals surface area contributed by atoms with Crippen molar-refractivity contribution in [1.29, 1.82) is 0 Å². The Balaban J connectivity index is 1.30. The van der Waals surface area contributed by atoms with E-state index >= 15 is 0 Å². The number of benzene rings is 2. The van der Waals surface area contributed by atoms with Crippen LogP contribution in [0.2, 0.25) is 0 Å². The lowest BCUT2D eigenvalue weighted by Gasteiger charge is -2.32. The van der Waals surface area contributed by atoms with Crippen molar-refractivity contribution in [1.82, 2.24) is 15.1 Å². The largest absolute Gasteiger partial charge is 0.328 e. The van der Waals surface area contributed by atoms with Crippen LogP contribution in [0.15, 0.2) is 66.2 Å². The lowest BCUT2D eigenvalue weighted by atomic mass is 9.73. The van der Waals surface area contributed by atoms with Crippen molar-refractivity contribution >= 4 is 39.6 Å². The van der Waals surface area contributed by atoms with Gasteiger partial charge in [0.25, 0.3) is 5.91 Å². The molecule has 2 amide bonds. The number of thiophene rings is 1. The number of hydrogen-bond acceptors (Lipinski definition) is 6. The van der Waals surface area contributed by atoms with Gasteiger partial charge in [-0.15, -0.1) is 21.5 Å². The van der Waals surface area contributed by atoms with Gasteiger partial charge >= 0.3 is 0 Å². The third-order valence-electron chi connectivity index (χ3n) is 6.98. The zero-order valence-corrected chi connectivity index (χ0v) is 21.3. The SMILES string of the molecule is CC(C)(C(=O)Nc1nncs1)[C@@H](c1cccc(F)c1)c1ccc(-c2ccc(C(=O)N3C4CC43)cc2)s1. The predicted molar refractivity (Wildman–Crippen MR) is 139 cm³/mol. The van der Waals surface area contributed by atoms with Crippen LogP contribution in [0, 0.1) is 11.2 Å². The average Bonchev–Trinajstić information content (AvgIpc) is 3.62. The molecule has 3 heterocycles. The molecule has 36 heavy (non-hydrogen) atoms. The summed E-state index contributed by atoms with van der Waals surface area (Å²) < 4.78 is 14.3. The molecule has 182 valence electrons. The molecule has 1 saturated heterocycles. The first-order valence-corrected chi connectivity index (χ1v) is 13.4. The van der Waals surface area contributed by atoms with Crippen molar-refractivity contribution in [3.63, 3.8) is 0 Å². The first-order valence-electron chi connectivity index (χ1n) is 11.7. The fourth-order valence-electron chi connectivity index (χ4n) is 4.72. The smallest absolute Gasteiger partial charge is 0.254 e. The second-order valence-corrected chi connectivity index (χ2v) is 11.7. The Labute approximate surface area is 215 Å². The van der Waals surface area contributed by atoms with Crippen molar-refractivity contribution in [3.8, 4) is 10.4 Å². The van der Waals surface area contributed by atoms with E-state index in [4.69, 9.17) is 0 Å². The maximum atomic E-state index is 14.3. The van der Waals surface area contributed by atoms with Crippen LogP contribution < -0.4 is 5.32 Å². The molecule has 0 bridgehead atoms. The van der Waals surface area contributed by atoms with E-state index in [-0.39, 0.29) is 17.6 Å². The summed E-state index contributed by atoms with van der Waals surface area (Å²) in [4.78, 5) is 29.8. The summed E-state index contributed by atoms with van der Waals surface area (Å²) in [6.07, 6.45) is 1.14. The molecular weight excluding hydrogens is 495 g/mol. The molecule has 3 atom stereocenters. The maximum absolute atomic E-state index is 14.3. The van der Waals surface area contributed by atoms with Crippen LogP contribution in [-0.2, 0) is 4.79 Å². The standard InChI is InChI=1S/C27H23FN4O2S2/c1-27(2,25(34)30-26-31-29-14-35-26)23(17-4-3-5-18(28)12-17)22-11-10-21(36-22)15-6-8-16(9-7-15)24(33)32-19-13-20(19)32/h3-12,14,19-20,23H,13H2,1-2H3,(H,30,31,34)/t19?,20?,23-,32?/m0/s1. The van der Waals surface area contributed by atoms with Crippen LogP contribution in [0.1, 0.15) is 47.0 Å². The molecule has 2 unspecified atom stereocenters. The highest BCUT2D eigenvalue weighted by atomic mass is 32.1. The molecule has 6 rings (SSSR count). The number of carbonyl (C=O) groups excluding carboxylic acids is 2. The van der Waals surface area contributed by atoms with Gasteiger partial charge in [0.05, 0.1) is 17.5 Å². The lowest BCUT2D eigenvalue weighted by Crippen LogP contribution is -2.36. The molecule has 2 fully saturated rings. The van der Waals surface area contributed by atoms with Crippen LogP contribution in [0.25, 0.3) is 10.4 Å². The Morgan fingerprint density at radius 2 is 1.89 bits per heavy atom. The van der Waals surface area contributed by atoms with Gasteiger partial charge in [-0.2, -0.15) is 0 Å². The van der Waals surface area contributed by atoms with Crippen molar-refractivity contribution in [2.24, 2.45) is 5.41 Å². The number of halogens is 1. The number of likely N-dealkylation sites (tertiary alicyclic amines) is 1. The Morgan fingerprint density at radius 1 is 1.11 bits per heavy atom. The van der Waals surface area contributed by atoms with Crippen molar-refractivity contribution in [2.75, 3.05) is 5.32 Å². The summed E-state index contributed by atoms with van der Waals surface area (Å²) in [5.41, 5.74) is 3.06. The number of rotatable bonds is 7. The topological polar surface area (TPSA) is 75.0 Å². The number of anilines is 1. The number of hydrogen-bond donors (Lipinski definition) is 1. The molecule has 4 aromatic rings. The number of amides is 2. The molecule has 6 nitrogen and oxygen atoms in total. The highest BCUT2D eigenvalue weighted by Crippen LogP contribution is 2.51. The van der Waals surface area contributed by atoms with Gasteiger partial charge in [0, 0.05) is 21.2 Å². The van der Waals surface area contributed by atoms with E-state index < -0.39 is 11.3 Å². The number of carbonyl (C=O) groups is 2. The zero-order valence-electron chi connectivity index (χ0n) is 19.6. The van der Waals surface area contributed by atoms with Gasteiger partial charge < -0.3 is 10.2 Å². The summed E-state index contributed by atoms with van der Waals surface area (Å²) in [6.45, 7) is 3.72. The summed E-state index contributed by atoms with van der Waals surface area (Å²) in [5, 5.41) is 11.0. The Bertz CT molecular complexity index is 1440. The first kappa shape index (κ1) is 23.0. The van der Waals surface area contributed by atoms with Gasteiger partial charge in [0.1, 0.15) is 11.3 Å². The monoisotopic (exact) mass is 518 g/mol. The summed E-state index contributed by atoms with van der Waals surface area (Å²) in [5.74, 6) is -0.863. The third kappa shape index (κ3) is 4.12. The van der Waals surface area contributed by atoms with E-state index in [1.807, 2.05) is 61.2 Å². The van der Waals surface area contributed by atoms with Crippen molar-refractivity contribution < 1.29 is 14.0 Å². The van der Waals surface area contributed by atoms with Crippen LogP contribution in [0.4, 0.5) is 9.52 Å².